The Bertz CT molecular complexity index is 229. The summed E-state index contributed by atoms with van der Waals surface area (Å²) in [5.41, 5.74) is 5.02. The van der Waals surface area contributed by atoms with E-state index in [1.165, 1.54) is 0 Å². The van der Waals surface area contributed by atoms with Gasteiger partial charge in [0.15, 0.2) is 11.0 Å². The van der Waals surface area contributed by atoms with Gasteiger partial charge in [0.25, 0.3) is 0 Å². The van der Waals surface area contributed by atoms with Crippen molar-refractivity contribution in [3.8, 4) is 0 Å². The van der Waals surface area contributed by atoms with Crippen molar-refractivity contribution < 1.29 is 5.03 Å². The minimum atomic E-state index is -0.733. The first-order chi connectivity index (χ1) is 4.20. The van der Waals surface area contributed by atoms with E-state index >= 15 is 0 Å². The van der Waals surface area contributed by atoms with E-state index in [0.29, 0.717) is 4.79 Å². The highest BCUT2D eigenvalue weighted by atomic mass is 16.7. The lowest BCUT2D eigenvalue weighted by Gasteiger charge is -1.84. The second kappa shape index (κ2) is 1.69. The molecule has 0 fully saturated rings. The van der Waals surface area contributed by atoms with Gasteiger partial charge in [-0.3, -0.25) is 0 Å². The molecule has 0 unspecified atom stereocenters. The molecule has 1 rings (SSSR count). The third-order valence-corrected chi connectivity index (χ3v) is 0.667. The van der Waals surface area contributed by atoms with Gasteiger partial charge in [0.1, 0.15) is 6.20 Å². The molecule has 0 aliphatic heterocycles. The first kappa shape index (κ1) is 5.48. The van der Waals surface area contributed by atoms with Gasteiger partial charge in [0, 0.05) is 5.10 Å². The number of nitrogens with two attached hydrogens (primary N) is 1. The molecule has 0 amide bonds. The monoisotopic (exact) mass is 129 g/mol. The van der Waals surface area contributed by atoms with Crippen LogP contribution in [0.1, 0.15) is 0 Å². The van der Waals surface area contributed by atoms with Gasteiger partial charge in [-0.15, -0.1) is 0 Å². The van der Waals surface area contributed by atoms with Gasteiger partial charge in [0.2, 0.25) is 0 Å². The predicted octanol–water partition coefficient (Wildman–Crippen LogP) is -1.10. The summed E-state index contributed by atoms with van der Waals surface area (Å²) in [5.74, 6) is 0.0340. The van der Waals surface area contributed by atoms with Gasteiger partial charge in [-0.25, -0.2) is 0 Å². The standard InChI is InChI=1S/C2H3N5O2/c3-2-1-6(5-4-2)7(8)9/h1H,3H2. The molecule has 48 valence electrons. The number of aromatic nitrogens is 3. The van der Waals surface area contributed by atoms with Crippen LogP contribution in [-0.4, -0.2) is 20.1 Å². The number of hydrogen-bond donors (Lipinski definition) is 1. The molecule has 2 N–H and O–H groups in total. The molecule has 0 saturated heterocycles. The Hall–Kier alpha value is -1.66. The van der Waals surface area contributed by atoms with Crippen LogP contribution >= 0.6 is 0 Å². The van der Waals surface area contributed by atoms with E-state index in [1.807, 2.05) is 0 Å². The highest BCUT2D eigenvalue weighted by Gasteiger charge is 2.03. The lowest BCUT2D eigenvalue weighted by Crippen LogP contribution is -2.08. The SMILES string of the molecule is Nc1cn([N+](=O)[O-])nn1. The first-order valence-electron chi connectivity index (χ1n) is 2.02. The van der Waals surface area contributed by atoms with Crippen LogP contribution in [0.3, 0.4) is 0 Å². The van der Waals surface area contributed by atoms with Crippen molar-refractivity contribution in [2.75, 3.05) is 5.73 Å². The zero-order chi connectivity index (χ0) is 6.85. The van der Waals surface area contributed by atoms with E-state index in [2.05, 4.69) is 10.3 Å². The molecule has 0 aliphatic carbocycles. The molecular weight excluding hydrogens is 126 g/mol. The maximum absolute atomic E-state index is 9.82. The second-order valence-corrected chi connectivity index (χ2v) is 1.30. The molecule has 7 heteroatoms. The van der Waals surface area contributed by atoms with Crippen LogP contribution < -0.4 is 5.73 Å². The summed E-state index contributed by atoms with van der Waals surface area (Å²) in [7, 11) is 0. The van der Waals surface area contributed by atoms with Crippen molar-refractivity contribution in [2.24, 2.45) is 0 Å². The molecule has 9 heavy (non-hydrogen) atoms. The maximum Gasteiger partial charge on any atom is 0.198 e. The largest absolute Gasteiger partial charge is 0.379 e. The van der Waals surface area contributed by atoms with Crippen LogP contribution in [0.15, 0.2) is 6.20 Å². The first-order valence-corrected chi connectivity index (χ1v) is 2.02. The molecular formula is C2H3N5O2. The summed E-state index contributed by atoms with van der Waals surface area (Å²) in [4.78, 5) is 10.3. The minimum Gasteiger partial charge on any atom is -0.379 e. The molecule has 0 atom stereocenters. The van der Waals surface area contributed by atoms with E-state index in [0.717, 1.165) is 6.20 Å². The Balaban J connectivity index is 2.98. The van der Waals surface area contributed by atoms with Gasteiger partial charge in [-0.05, 0) is 0 Å². The molecule has 0 radical (unpaired) electrons. The molecule has 0 aromatic carbocycles. The van der Waals surface area contributed by atoms with Gasteiger partial charge >= 0.3 is 0 Å². The zero-order valence-corrected chi connectivity index (χ0v) is 4.26. The van der Waals surface area contributed by atoms with Gasteiger partial charge < -0.3 is 15.8 Å². The van der Waals surface area contributed by atoms with Crippen molar-refractivity contribution >= 4 is 5.82 Å². The molecule has 0 bridgehead atoms. The van der Waals surface area contributed by atoms with E-state index in [9.17, 15) is 10.1 Å². The van der Waals surface area contributed by atoms with E-state index in [-0.39, 0.29) is 5.82 Å². The fourth-order valence-corrected chi connectivity index (χ4v) is 0.347. The van der Waals surface area contributed by atoms with Gasteiger partial charge in [0.05, 0.1) is 9.82 Å². The summed E-state index contributed by atoms with van der Waals surface area (Å²) < 4.78 is 0. The highest BCUT2D eigenvalue weighted by molar-refractivity contribution is 5.19. The van der Waals surface area contributed by atoms with E-state index in [1.54, 1.807) is 0 Å². The Labute approximate surface area is 49.2 Å². The smallest absolute Gasteiger partial charge is 0.198 e. The number of anilines is 1. The molecule has 1 heterocycles. The van der Waals surface area contributed by atoms with Crippen molar-refractivity contribution in [2.45, 2.75) is 0 Å². The number of rotatable bonds is 1. The summed E-state index contributed by atoms with van der Waals surface area (Å²) in [6.45, 7) is 0. The third kappa shape index (κ3) is 0.929. The number of hydrogen-bond acceptors (Lipinski definition) is 5. The van der Waals surface area contributed by atoms with Gasteiger partial charge in [-0.1, -0.05) is 0 Å². The molecule has 1 aromatic rings. The van der Waals surface area contributed by atoms with Crippen LogP contribution in [0, 0.1) is 10.1 Å². The normalized spacial score (nSPS) is 9.33. The molecule has 1 aromatic heterocycles. The third-order valence-electron chi connectivity index (χ3n) is 0.667. The minimum absolute atomic E-state index is 0.0340. The Morgan fingerprint density at radius 1 is 1.89 bits per heavy atom. The lowest BCUT2D eigenvalue weighted by atomic mass is 10.8. The van der Waals surface area contributed by atoms with Crippen molar-refractivity contribution in [1.82, 2.24) is 15.1 Å². The molecule has 0 saturated carbocycles. The van der Waals surface area contributed by atoms with Crippen LogP contribution in [-0.2, 0) is 0 Å². The summed E-state index contributed by atoms with van der Waals surface area (Å²) in [6, 6.07) is 0. The molecule has 7 nitrogen and oxygen atoms in total. The highest BCUT2D eigenvalue weighted by Crippen LogP contribution is 1.89. The fourth-order valence-electron chi connectivity index (χ4n) is 0.347. The van der Waals surface area contributed by atoms with Crippen LogP contribution in [0.25, 0.3) is 0 Å². The van der Waals surface area contributed by atoms with Crippen molar-refractivity contribution in [3.05, 3.63) is 16.3 Å². The number of nitrogens with zero attached hydrogens (tertiary/aromatic N) is 4. The average molecular weight is 129 g/mol. The van der Waals surface area contributed by atoms with Gasteiger partial charge in [-0.2, -0.15) is 0 Å². The molecule has 0 spiro atoms. The number of nitro groups is 1. The Morgan fingerprint density at radius 2 is 2.56 bits per heavy atom. The zero-order valence-electron chi connectivity index (χ0n) is 4.26. The summed E-state index contributed by atoms with van der Waals surface area (Å²) >= 11 is 0. The summed E-state index contributed by atoms with van der Waals surface area (Å²) in [6.07, 6.45) is 1.01. The maximum atomic E-state index is 9.82. The topological polar surface area (TPSA) is 99.9 Å². The van der Waals surface area contributed by atoms with Crippen LogP contribution in [0.5, 0.6) is 0 Å². The quantitative estimate of drug-likeness (QED) is 0.383. The predicted molar refractivity (Wildman–Crippen MR) is 26.8 cm³/mol. The van der Waals surface area contributed by atoms with E-state index in [4.69, 9.17) is 5.73 Å². The molecule has 0 aliphatic rings. The lowest BCUT2D eigenvalue weighted by molar-refractivity contribution is -0.553. The fraction of sp³-hybridized carbons (Fsp3) is 0. The van der Waals surface area contributed by atoms with Crippen molar-refractivity contribution in [3.63, 3.8) is 0 Å². The average Bonchev–Trinajstić information content (AvgIpc) is 2.14. The summed E-state index contributed by atoms with van der Waals surface area (Å²) in [5, 5.41) is 15.3. The Morgan fingerprint density at radius 3 is 2.78 bits per heavy atom. The second-order valence-electron chi connectivity index (χ2n) is 1.30. The van der Waals surface area contributed by atoms with Crippen molar-refractivity contribution in [1.29, 1.82) is 0 Å². The van der Waals surface area contributed by atoms with Crippen LogP contribution in [0.4, 0.5) is 5.82 Å². The Kier molecular flexibility index (Phi) is 1.03. The number of nitrogen functional groups attached to an aromatic ring is 1. The van der Waals surface area contributed by atoms with Crippen LogP contribution in [0.2, 0.25) is 0 Å². The van der Waals surface area contributed by atoms with E-state index < -0.39 is 5.03 Å².